The molecule has 1 aliphatic rings. The minimum atomic E-state index is 0.0959. The molecular weight excluding hydrogens is 342 g/mol. The van der Waals surface area contributed by atoms with Gasteiger partial charge in [-0.1, -0.05) is 6.07 Å². The highest BCUT2D eigenvalue weighted by molar-refractivity contribution is 5.98. The van der Waals surface area contributed by atoms with Crippen LogP contribution < -0.4 is 9.47 Å². The average molecular weight is 363 g/mol. The van der Waals surface area contributed by atoms with Gasteiger partial charge in [-0.25, -0.2) is 4.98 Å². The third-order valence-electron chi connectivity index (χ3n) is 4.71. The van der Waals surface area contributed by atoms with E-state index < -0.39 is 0 Å². The topological polar surface area (TPSA) is 80.2 Å². The van der Waals surface area contributed by atoms with Gasteiger partial charge in [-0.15, -0.1) is 0 Å². The molecule has 6 heteroatoms. The van der Waals surface area contributed by atoms with Crippen molar-refractivity contribution in [2.24, 2.45) is 0 Å². The van der Waals surface area contributed by atoms with Gasteiger partial charge in [-0.3, -0.25) is 0 Å². The Morgan fingerprint density at radius 2 is 2.11 bits per heavy atom. The van der Waals surface area contributed by atoms with Crippen LogP contribution in [0, 0.1) is 11.3 Å². The van der Waals surface area contributed by atoms with Gasteiger partial charge in [0, 0.05) is 30.8 Å². The lowest BCUT2D eigenvalue weighted by Crippen LogP contribution is -2.26. The number of pyridine rings is 1. The first-order valence-corrected chi connectivity index (χ1v) is 9.18. The molecule has 0 amide bonds. The van der Waals surface area contributed by atoms with Crippen LogP contribution in [0.2, 0.25) is 0 Å². The fourth-order valence-corrected chi connectivity index (χ4v) is 3.39. The van der Waals surface area contributed by atoms with E-state index in [1.165, 1.54) is 0 Å². The highest BCUT2D eigenvalue weighted by Gasteiger charge is 2.18. The maximum atomic E-state index is 9.62. The lowest BCUT2D eigenvalue weighted by Gasteiger charge is -2.23. The van der Waals surface area contributed by atoms with Gasteiger partial charge in [-0.2, -0.15) is 5.26 Å². The van der Waals surface area contributed by atoms with Crippen LogP contribution in [-0.2, 0) is 4.74 Å². The zero-order valence-corrected chi connectivity index (χ0v) is 15.2. The minimum Gasteiger partial charge on any atom is -0.493 e. The van der Waals surface area contributed by atoms with Crippen LogP contribution in [0.4, 0.5) is 0 Å². The summed E-state index contributed by atoms with van der Waals surface area (Å²) in [6, 6.07) is 9.83. The molecule has 1 fully saturated rings. The largest absolute Gasteiger partial charge is 0.493 e. The van der Waals surface area contributed by atoms with Crippen molar-refractivity contribution in [3.8, 4) is 28.7 Å². The van der Waals surface area contributed by atoms with Crippen LogP contribution in [-0.4, -0.2) is 35.9 Å². The number of hydrogen-bond donors (Lipinski definition) is 1. The van der Waals surface area contributed by atoms with E-state index in [9.17, 15) is 5.26 Å². The molecule has 27 heavy (non-hydrogen) atoms. The van der Waals surface area contributed by atoms with E-state index in [0.717, 1.165) is 40.8 Å². The second-order valence-corrected chi connectivity index (χ2v) is 6.42. The summed E-state index contributed by atoms with van der Waals surface area (Å²) < 4.78 is 17.2. The lowest BCUT2D eigenvalue weighted by molar-refractivity contribution is 0.0254. The normalized spacial score (nSPS) is 14.8. The number of nitrogens with one attached hydrogen (secondary N) is 1. The van der Waals surface area contributed by atoms with E-state index in [2.05, 4.69) is 16.0 Å². The number of aromatic amines is 1. The first-order chi connectivity index (χ1) is 13.3. The predicted molar refractivity (Wildman–Crippen MR) is 102 cm³/mol. The Balaban J connectivity index is 1.70. The van der Waals surface area contributed by atoms with E-state index >= 15 is 0 Å². The number of fused-ring (bicyclic) bond motifs is 1. The summed E-state index contributed by atoms with van der Waals surface area (Å²) in [6.07, 6.45) is 5.41. The second kappa shape index (κ2) is 7.68. The SMILES string of the molecule is CCOc1ccnc2[nH]cc(-c3ccc(OC4CCOCC4)c(C#N)c3)c12. The molecule has 1 aliphatic heterocycles. The van der Waals surface area contributed by atoms with Crippen molar-refractivity contribution in [3.63, 3.8) is 0 Å². The fraction of sp³-hybridized carbons (Fsp3) is 0.333. The van der Waals surface area contributed by atoms with Gasteiger partial charge >= 0.3 is 0 Å². The molecule has 0 unspecified atom stereocenters. The van der Waals surface area contributed by atoms with Gasteiger partial charge in [-0.05, 0) is 30.7 Å². The van der Waals surface area contributed by atoms with E-state index in [4.69, 9.17) is 14.2 Å². The Hall–Kier alpha value is -3.04. The molecule has 138 valence electrons. The average Bonchev–Trinajstić information content (AvgIpc) is 3.14. The van der Waals surface area contributed by atoms with Crippen molar-refractivity contribution in [2.75, 3.05) is 19.8 Å². The summed E-state index contributed by atoms with van der Waals surface area (Å²) in [4.78, 5) is 7.55. The van der Waals surface area contributed by atoms with E-state index in [-0.39, 0.29) is 6.10 Å². The Morgan fingerprint density at radius 1 is 1.26 bits per heavy atom. The lowest BCUT2D eigenvalue weighted by atomic mass is 10.0. The Morgan fingerprint density at radius 3 is 2.89 bits per heavy atom. The Labute approximate surface area is 157 Å². The first-order valence-electron chi connectivity index (χ1n) is 9.18. The maximum Gasteiger partial charge on any atom is 0.141 e. The molecular formula is C21H21N3O3. The summed E-state index contributed by atoms with van der Waals surface area (Å²) in [7, 11) is 0. The molecule has 1 N–H and O–H groups in total. The Kier molecular flexibility index (Phi) is 4.95. The molecule has 3 heterocycles. The monoisotopic (exact) mass is 363 g/mol. The van der Waals surface area contributed by atoms with Crippen molar-refractivity contribution in [2.45, 2.75) is 25.9 Å². The van der Waals surface area contributed by atoms with Crippen LogP contribution in [0.25, 0.3) is 22.2 Å². The highest BCUT2D eigenvalue weighted by atomic mass is 16.5. The second-order valence-electron chi connectivity index (χ2n) is 6.42. The zero-order chi connectivity index (χ0) is 18.6. The number of aromatic nitrogens is 2. The van der Waals surface area contributed by atoms with Gasteiger partial charge in [0.25, 0.3) is 0 Å². The maximum absolute atomic E-state index is 9.62. The first kappa shape index (κ1) is 17.4. The van der Waals surface area contributed by atoms with E-state index in [1.54, 1.807) is 6.20 Å². The molecule has 6 nitrogen and oxygen atoms in total. The van der Waals surface area contributed by atoms with Gasteiger partial charge in [0.1, 0.15) is 29.3 Å². The van der Waals surface area contributed by atoms with Crippen molar-refractivity contribution in [1.29, 1.82) is 5.26 Å². The third kappa shape index (κ3) is 3.46. The number of nitriles is 1. The molecule has 2 aromatic heterocycles. The Bertz CT molecular complexity index is 984. The van der Waals surface area contributed by atoms with Crippen LogP contribution >= 0.6 is 0 Å². The van der Waals surface area contributed by atoms with E-state index in [1.807, 2.05) is 37.4 Å². The minimum absolute atomic E-state index is 0.0959. The summed E-state index contributed by atoms with van der Waals surface area (Å²) in [5.41, 5.74) is 3.16. The van der Waals surface area contributed by atoms with Crippen LogP contribution in [0.5, 0.6) is 11.5 Å². The molecule has 0 bridgehead atoms. The highest BCUT2D eigenvalue weighted by Crippen LogP contribution is 2.36. The molecule has 0 saturated carbocycles. The molecule has 3 aromatic rings. The van der Waals surface area contributed by atoms with Gasteiger partial charge in [0.15, 0.2) is 0 Å². The summed E-state index contributed by atoms with van der Waals surface area (Å²) in [6.45, 7) is 3.93. The number of nitrogens with zero attached hydrogens (tertiary/aromatic N) is 2. The van der Waals surface area contributed by atoms with Crippen molar-refractivity contribution < 1.29 is 14.2 Å². The summed E-state index contributed by atoms with van der Waals surface area (Å²) in [5, 5.41) is 10.5. The summed E-state index contributed by atoms with van der Waals surface area (Å²) in [5.74, 6) is 1.40. The van der Waals surface area contributed by atoms with Crippen LogP contribution in [0.3, 0.4) is 0 Å². The van der Waals surface area contributed by atoms with Crippen molar-refractivity contribution >= 4 is 11.0 Å². The fourth-order valence-electron chi connectivity index (χ4n) is 3.39. The van der Waals surface area contributed by atoms with Gasteiger partial charge in [0.05, 0.1) is 30.8 Å². The standard InChI is InChI=1S/C21H21N3O3/c1-2-26-19-5-8-23-21-20(19)17(13-24-21)14-3-4-18(15(11-14)12-22)27-16-6-9-25-10-7-16/h3-5,8,11,13,16H,2,6-7,9-10H2,1H3,(H,23,24). The van der Waals surface area contributed by atoms with Crippen LogP contribution in [0.15, 0.2) is 36.7 Å². The number of benzene rings is 1. The molecule has 1 saturated heterocycles. The molecule has 1 aromatic carbocycles. The van der Waals surface area contributed by atoms with Gasteiger partial charge in [0.2, 0.25) is 0 Å². The number of rotatable bonds is 5. The van der Waals surface area contributed by atoms with E-state index in [0.29, 0.717) is 31.1 Å². The molecule has 0 spiro atoms. The predicted octanol–water partition coefficient (Wildman–Crippen LogP) is 4.06. The number of hydrogen-bond acceptors (Lipinski definition) is 5. The number of H-pyrrole nitrogens is 1. The molecule has 0 atom stereocenters. The number of ether oxygens (including phenoxy) is 3. The van der Waals surface area contributed by atoms with Crippen LogP contribution in [0.1, 0.15) is 25.3 Å². The molecule has 0 aliphatic carbocycles. The summed E-state index contributed by atoms with van der Waals surface area (Å²) >= 11 is 0. The smallest absolute Gasteiger partial charge is 0.141 e. The third-order valence-corrected chi connectivity index (χ3v) is 4.71. The zero-order valence-electron chi connectivity index (χ0n) is 15.2. The molecule has 0 radical (unpaired) electrons. The van der Waals surface area contributed by atoms with Crippen molar-refractivity contribution in [3.05, 3.63) is 42.2 Å². The molecule has 4 rings (SSSR count). The van der Waals surface area contributed by atoms with Gasteiger partial charge < -0.3 is 19.2 Å². The van der Waals surface area contributed by atoms with Crippen molar-refractivity contribution in [1.82, 2.24) is 9.97 Å². The quantitative estimate of drug-likeness (QED) is 0.739.